The number of carbonyl (C=O) groups excluding carboxylic acids is 2. The van der Waals surface area contributed by atoms with Gasteiger partial charge in [-0.2, -0.15) is 10.1 Å². The third kappa shape index (κ3) is 2.96. The molecule has 2 bridgehead atoms. The van der Waals surface area contributed by atoms with Crippen LogP contribution in [0.2, 0.25) is 5.02 Å². The molecule has 1 aromatic carbocycles. The topological polar surface area (TPSA) is 68.2 Å². The first kappa shape index (κ1) is 18.6. The molecule has 0 aromatic heterocycles. The van der Waals surface area contributed by atoms with Crippen LogP contribution in [0.1, 0.15) is 18.9 Å². The Kier molecular flexibility index (Phi) is 4.86. The predicted molar refractivity (Wildman–Crippen MR) is 104 cm³/mol. The molecule has 28 heavy (non-hydrogen) atoms. The van der Waals surface area contributed by atoms with E-state index in [0.29, 0.717) is 28.7 Å². The zero-order chi connectivity index (χ0) is 19.8. The Morgan fingerprint density at radius 2 is 1.93 bits per heavy atom. The van der Waals surface area contributed by atoms with Crippen molar-refractivity contribution >= 4 is 29.6 Å². The smallest absolute Gasteiger partial charge is 0.254 e. The first-order chi connectivity index (χ1) is 13.5. The van der Waals surface area contributed by atoms with E-state index >= 15 is 0 Å². The van der Waals surface area contributed by atoms with Crippen LogP contribution >= 0.6 is 11.6 Å². The molecule has 6 nitrogen and oxygen atoms in total. The van der Waals surface area contributed by atoms with Gasteiger partial charge in [-0.05, 0) is 42.9 Å². The minimum absolute atomic E-state index is 0.0587. The molecular weight excluding hydrogens is 380 g/mol. The van der Waals surface area contributed by atoms with Gasteiger partial charge in [0.15, 0.2) is 11.5 Å². The SMILES string of the molecule is C#CCOc1c(Cl)cc(C=NN2C(=O)[C@@H]3[C@H](C2=O)[C@H]2C=C[C@H]3C2)cc1OCC. The first-order valence-electron chi connectivity index (χ1n) is 9.17. The Labute approximate surface area is 168 Å². The van der Waals surface area contributed by atoms with Gasteiger partial charge < -0.3 is 9.47 Å². The molecule has 2 fully saturated rings. The van der Waals surface area contributed by atoms with Gasteiger partial charge in [0.05, 0.1) is 29.7 Å². The summed E-state index contributed by atoms with van der Waals surface area (Å²) in [6.45, 7) is 2.30. The number of hydrogen-bond acceptors (Lipinski definition) is 5. The van der Waals surface area contributed by atoms with Crippen molar-refractivity contribution in [3.8, 4) is 23.8 Å². The van der Waals surface area contributed by atoms with Gasteiger partial charge in [-0.15, -0.1) is 6.42 Å². The van der Waals surface area contributed by atoms with E-state index in [-0.39, 0.29) is 42.1 Å². The summed E-state index contributed by atoms with van der Waals surface area (Å²) < 4.78 is 11.0. The summed E-state index contributed by atoms with van der Waals surface area (Å²) in [5.74, 6) is 2.45. The lowest BCUT2D eigenvalue weighted by molar-refractivity contribution is -0.140. The van der Waals surface area contributed by atoms with Crippen molar-refractivity contribution in [2.24, 2.45) is 28.8 Å². The highest BCUT2D eigenvalue weighted by Crippen LogP contribution is 2.52. The quantitative estimate of drug-likeness (QED) is 0.320. The van der Waals surface area contributed by atoms with E-state index in [0.717, 1.165) is 11.4 Å². The molecule has 2 aliphatic carbocycles. The summed E-state index contributed by atoms with van der Waals surface area (Å²) in [5.41, 5.74) is 0.584. The second-order valence-electron chi connectivity index (χ2n) is 6.99. The molecule has 4 atom stereocenters. The summed E-state index contributed by atoms with van der Waals surface area (Å²) in [6, 6.07) is 3.30. The maximum Gasteiger partial charge on any atom is 0.254 e. The summed E-state index contributed by atoms with van der Waals surface area (Å²) in [6.07, 6.45) is 11.7. The Hall–Kier alpha value is -2.78. The summed E-state index contributed by atoms with van der Waals surface area (Å²) in [5, 5.41) is 5.47. The van der Waals surface area contributed by atoms with Crippen molar-refractivity contribution < 1.29 is 19.1 Å². The van der Waals surface area contributed by atoms with Crippen LogP contribution in [0.15, 0.2) is 29.4 Å². The van der Waals surface area contributed by atoms with Gasteiger partial charge in [-0.3, -0.25) is 9.59 Å². The molecule has 1 aromatic rings. The third-order valence-electron chi connectivity index (χ3n) is 5.40. The van der Waals surface area contributed by atoms with Gasteiger partial charge in [-0.25, -0.2) is 0 Å². The van der Waals surface area contributed by atoms with Crippen LogP contribution in [0, 0.1) is 36.0 Å². The molecular formula is C21H19ClN2O4. The Balaban J connectivity index is 1.57. The fourth-order valence-corrected chi connectivity index (χ4v) is 4.58. The molecule has 7 heteroatoms. The maximum atomic E-state index is 12.7. The number of halogens is 1. The fourth-order valence-electron chi connectivity index (χ4n) is 4.30. The van der Waals surface area contributed by atoms with E-state index in [1.54, 1.807) is 12.1 Å². The molecule has 3 aliphatic rings. The highest BCUT2D eigenvalue weighted by atomic mass is 35.5. The third-order valence-corrected chi connectivity index (χ3v) is 5.68. The number of terminal acetylenes is 1. The van der Waals surface area contributed by atoms with E-state index < -0.39 is 0 Å². The van der Waals surface area contributed by atoms with Crippen molar-refractivity contribution in [2.75, 3.05) is 13.2 Å². The van der Waals surface area contributed by atoms with Gasteiger partial charge in [0.25, 0.3) is 11.8 Å². The summed E-state index contributed by atoms with van der Waals surface area (Å²) in [4.78, 5) is 25.4. The van der Waals surface area contributed by atoms with Crippen molar-refractivity contribution in [3.05, 3.63) is 34.9 Å². The number of amides is 2. The number of carbonyl (C=O) groups is 2. The Bertz CT molecular complexity index is 903. The number of allylic oxidation sites excluding steroid dienone is 2. The van der Waals surface area contributed by atoms with Crippen molar-refractivity contribution in [1.82, 2.24) is 5.01 Å². The molecule has 0 unspecified atom stereocenters. The van der Waals surface area contributed by atoms with Crippen LogP contribution < -0.4 is 9.47 Å². The van der Waals surface area contributed by atoms with Crippen LogP contribution in [0.3, 0.4) is 0 Å². The fraction of sp³-hybridized carbons (Fsp3) is 0.381. The van der Waals surface area contributed by atoms with Crippen LogP contribution in [0.5, 0.6) is 11.5 Å². The number of nitrogens with zero attached hydrogens (tertiary/aromatic N) is 2. The monoisotopic (exact) mass is 398 g/mol. The molecule has 144 valence electrons. The second-order valence-corrected chi connectivity index (χ2v) is 7.40. The highest BCUT2D eigenvalue weighted by molar-refractivity contribution is 6.32. The zero-order valence-corrected chi connectivity index (χ0v) is 16.1. The minimum Gasteiger partial charge on any atom is -0.490 e. The molecule has 1 aliphatic heterocycles. The molecule has 2 amide bonds. The average Bonchev–Trinajstić information content (AvgIpc) is 3.34. The van der Waals surface area contributed by atoms with E-state index in [2.05, 4.69) is 11.0 Å². The van der Waals surface area contributed by atoms with E-state index in [4.69, 9.17) is 27.5 Å². The Morgan fingerprint density at radius 1 is 1.25 bits per heavy atom. The van der Waals surface area contributed by atoms with Crippen LogP contribution in [0.4, 0.5) is 0 Å². The number of hydrazone groups is 1. The van der Waals surface area contributed by atoms with E-state index in [9.17, 15) is 9.59 Å². The molecule has 0 N–H and O–H groups in total. The number of imide groups is 1. The number of benzene rings is 1. The second kappa shape index (κ2) is 7.33. The lowest BCUT2D eigenvalue weighted by Crippen LogP contribution is -2.28. The molecule has 1 saturated carbocycles. The van der Waals surface area contributed by atoms with Gasteiger partial charge in [-0.1, -0.05) is 29.7 Å². The van der Waals surface area contributed by atoms with Gasteiger partial charge >= 0.3 is 0 Å². The molecule has 4 rings (SSSR count). The number of fused-ring (bicyclic) bond motifs is 5. The van der Waals surface area contributed by atoms with Crippen LogP contribution in [-0.2, 0) is 9.59 Å². The number of rotatable bonds is 6. The number of hydrogen-bond donors (Lipinski definition) is 0. The van der Waals surface area contributed by atoms with Gasteiger partial charge in [0.1, 0.15) is 6.61 Å². The molecule has 0 spiro atoms. The van der Waals surface area contributed by atoms with Crippen molar-refractivity contribution in [1.29, 1.82) is 0 Å². The normalized spacial score (nSPS) is 27.5. The standard InChI is InChI=1S/C21H19ClN2O4/c1-3-7-28-19-15(22)8-12(9-16(19)27-4-2)11-23-24-20(25)17-13-5-6-14(10-13)18(17)21(24)26/h1,5-6,8-9,11,13-14,17-18H,4,7,10H2,2H3/t13-,14-,17-,18+/m0/s1. The lowest BCUT2D eigenvalue weighted by atomic mass is 9.85. The first-order valence-corrected chi connectivity index (χ1v) is 9.55. The largest absolute Gasteiger partial charge is 0.490 e. The van der Waals surface area contributed by atoms with Crippen LogP contribution in [-0.4, -0.2) is 36.3 Å². The highest BCUT2D eigenvalue weighted by Gasteiger charge is 2.59. The lowest BCUT2D eigenvalue weighted by Gasteiger charge is -2.13. The summed E-state index contributed by atoms with van der Waals surface area (Å²) >= 11 is 6.29. The van der Waals surface area contributed by atoms with Crippen molar-refractivity contribution in [2.45, 2.75) is 13.3 Å². The Morgan fingerprint density at radius 3 is 2.54 bits per heavy atom. The molecule has 0 radical (unpaired) electrons. The maximum absolute atomic E-state index is 12.7. The van der Waals surface area contributed by atoms with E-state index in [1.165, 1.54) is 6.21 Å². The average molecular weight is 399 g/mol. The van der Waals surface area contributed by atoms with E-state index in [1.807, 2.05) is 19.1 Å². The summed E-state index contributed by atoms with van der Waals surface area (Å²) in [7, 11) is 0. The number of ether oxygens (including phenoxy) is 2. The molecule has 1 saturated heterocycles. The van der Waals surface area contributed by atoms with Crippen LogP contribution in [0.25, 0.3) is 0 Å². The molecule has 1 heterocycles. The van der Waals surface area contributed by atoms with Gasteiger partial charge in [0.2, 0.25) is 0 Å². The zero-order valence-electron chi connectivity index (χ0n) is 15.3. The minimum atomic E-state index is -0.276. The predicted octanol–water partition coefficient (Wildman–Crippen LogP) is 2.89. The van der Waals surface area contributed by atoms with Gasteiger partial charge in [0, 0.05) is 0 Å². The van der Waals surface area contributed by atoms with Crippen molar-refractivity contribution in [3.63, 3.8) is 0 Å².